The summed E-state index contributed by atoms with van der Waals surface area (Å²) in [5.74, 6) is 2.53. The summed E-state index contributed by atoms with van der Waals surface area (Å²) >= 11 is 0. The quantitative estimate of drug-likeness (QED) is 0.735. The Labute approximate surface area is 104 Å². The molecule has 2 nitrogen and oxygen atoms in total. The van der Waals surface area contributed by atoms with Crippen LogP contribution >= 0.6 is 0 Å². The summed E-state index contributed by atoms with van der Waals surface area (Å²) in [5.41, 5.74) is 1.38. The first-order valence-corrected chi connectivity index (χ1v) is 6.20. The fourth-order valence-electron chi connectivity index (χ4n) is 2.24. The van der Waals surface area contributed by atoms with Crippen molar-refractivity contribution in [3.8, 4) is 12.3 Å². The molecule has 0 radical (unpaired) electrons. The number of ether oxygens (including phenoxy) is 1. The Morgan fingerprint density at radius 3 is 2.59 bits per heavy atom. The van der Waals surface area contributed by atoms with Crippen LogP contribution in [0.1, 0.15) is 18.4 Å². The molecule has 1 fully saturated rings. The van der Waals surface area contributed by atoms with E-state index >= 15 is 0 Å². The number of hydrogen-bond donors (Lipinski definition) is 0. The van der Waals surface area contributed by atoms with Gasteiger partial charge in [0.15, 0.2) is 0 Å². The molecule has 0 bridgehead atoms. The van der Waals surface area contributed by atoms with Gasteiger partial charge in [0.1, 0.15) is 6.61 Å². The van der Waals surface area contributed by atoms with E-state index in [2.05, 4.69) is 41.2 Å². The normalized spacial score (nSPS) is 17.8. The molecule has 2 heteroatoms. The third-order valence-corrected chi connectivity index (χ3v) is 3.19. The van der Waals surface area contributed by atoms with Crippen LogP contribution in [0.2, 0.25) is 0 Å². The summed E-state index contributed by atoms with van der Waals surface area (Å²) in [5, 5.41) is 0. The molecule has 0 amide bonds. The van der Waals surface area contributed by atoms with Crippen molar-refractivity contribution < 1.29 is 4.74 Å². The summed E-state index contributed by atoms with van der Waals surface area (Å²) in [6, 6.07) is 10.6. The third-order valence-electron chi connectivity index (χ3n) is 3.19. The number of nitrogens with zero attached hydrogens (tertiary/aromatic N) is 1. The highest BCUT2D eigenvalue weighted by Gasteiger charge is 2.19. The van der Waals surface area contributed by atoms with Crippen LogP contribution in [-0.2, 0) is 11.3 Å². The lowest BCUT2D eigenvalue weighted by Crippen LogP contribution is -2.36. The van der Waals surface area contributed by atoms with E-state index in [4.69, 9.17) is 11.2 Å². The standard InChI is InChI=1S/C15H19NO/c1-2-12-17-15-8-10-16(11-9-15)13-14-6-4-3-5-7-14/h1,3-7,15H,8-13H2. The number of likely N-dealkylation sites (tertiary alicyclic amines) is 1. The number of piperidine rings is 1. The molecule has 0 atom stereocenters. The summed E-state index contributed by atoms with van der Waals surface area (Å²) < 4.78 is 5.57. The molecular formula is C15H19NO. The smallest absolute Gasteiger partial charge is 0.107 e. The Hall–Kier alpha value is -1.30. The van der Waals surface area contributed by atoms with Gasteiger partial charge in [0.25, 0.3) is 0 Å². The maximum absolute atomic E-state index is 5.57. The molecule has 0 spiro atoms. The van der Waals surface area contributed by atoms with Gasteiger partial charge in [-0.2, -0.15) is 0 Å². The molecule has 0 aromatic heterocycles. The lowest BCUT2D eigenvalue weighted by molar-refractivity contribution is 0.0226. The summed E-state index contributed by atoms with van der Waals surface area (Å²) in [4.78, 5) is 2.48. The largest absolute Gasteiger partial charge is 0.365 e. The maximum atomic E-state index is 5.57. The zero-order valence-corrected chi connectivity index (χ0v) is 10.1. The molecule has 1 aliphatic rings. The highest BCUT2D eigenvalue weighted by molar-refractivity contribution is 5.14. The van der Waals surface area contributed by atoms with Crippen molar-refractivity contribution >= 4 is 0 Å². The van der Waals surface area contributed by atoms with Crippen LogP contribution in [0.15, 0.2) is 30.3 Å². The Kier molecular flexibility index (Phi) is 4.61. The van der Waals surface area contributed by atoms with E-state index in [1.54, 1.807) is 0 Å². The van der Waals surface area contributed by atoms with Crippen molar-refractivity contribution in [3.05, 3.63) is 35.9 Å². The fourth-order valence-corrected chi connectivity index (χ4v) is 2.24. The molecule has 1 heterocycles. The van der Waals surface area contributed by atoms with E-state index in [0.29, 0.717) is 12.7 Å². The van der Waals surface area contributed by atoms with Crippen LogP contribution in [0.5, 0.6) is 0 Å². The zero-order valence-electron chi connectivity index (χ0n) is 10.1. The molecule has 1 aromatic carbocycles. The second-order valence-corrected chi connectivity index (χ2v) is 4.48. The highest BCUT2D eigenvalue weighted by Crippen LogP contribution is 2.15. The number of rotatable bonds is 4. The zero-order chi connectivity index (χ0) is 11.9. The van der Waals surface area contributed by atoms with Gasteiger partial charge in [-0.15, -0.1) is 6.42 Å². The van der Waals surface area contributed by atoms with Gasteiger partial charge in [0.2, 0.25) is 0 Å². The van der Waals surface area contributed by atoms with Gasteiger partial charge in [-0.25, -0.2) is 0 Å². The predicted octanol–water partition coefficient (Wildman–Crippen LogP) is 2.30. The van der Waals surface area contributed by atoms with Crippen molar-refractivity contribution in [2.75, 3.05) is 19.7 Å². The average Bonchev–Trinajstić information content (AvgIpc) is 2.39. The summed E-state index contributed by atoms with van der Waals surface area (Å²) in [6.07, 6.45) is 7.73. The first-order valence-electron chi connectivity index (χ1n) is 6.20. The van der Waals surface area contributed by atoms with E-state index in [1.807, 2.05) is 0 Å². The molecule has 90 valence electrons. The molecule has 1 aliphatic heterocycles. The van der Waals surface area contributed by atoms with E-state index in [0.717, 1.165) is 32.5 Å². The Bertz CT molecular complexity index is 360. The second-order valence-electron chi connectivity index (χ2n) is 4.48. The Morgan fingerprint density at radius 2 is 1.94 bits per heavy atom. The van der Waals surface area contributed by atoms with E-state index in [-0.39, 0.29) is 0 Å². The van der Waals surface area contributed by atoms with Gasteiger partial charge >= 0.3 is 0 Å². The van der Waals surface area contributed by atoms with Gasteiger partial charge in [-0.1, -0.05) is 36.3 Å². The Morgan fingerprint density at radius 1 is 1.24 bits per heavy atom. The number of benzene rings is 1. The SMILES string of the molecule is C#CCOC1CCN(Cc2ccccc2)CC1. The van der Waals surface area contributed by atoms with Crippen molar-refractivity contribution in [2.45, 2.75) is 25.5 Å². The van der Waals surface area contributed by atoms with Gasteiger partial charge in [-0.05, 0) is 18.4 Å². The molecule has 17 heavy (non-hydrogen) atoms. The molecule has 0 N–H and O–H groups in total. The number of terminal acetylenes is 1. The van der Waals surface area contributed by atoms with E-state index in [1.165, 1.54) is 5.56 Å². The lowest BCUT2D eigenvalue weighted by atomic mass is 10.1. The van der Waals surface area contributed by atoms with E-state index in [9.17, 15) is 0 Å². The minimum absolute atomic E-state index is 0.359. The third kappa shape index (κ3) is 3.89. The van der Waals surface area contributed by atoms with Crippen LogP contribution in [0.4, 0.5) is 0 Å². The van der Waals surface area contributed by atoms with Crippen molar-refractivity contribution in [1.82, 2.24) is 4.90 Å². The van der Waals surface area contributed by atoms with Gasteiger partial charge in [0.05, 0.1) is 6.10 Å². The monoisotopic (exact) mass is 229 g/mol. The predicted molar refractivity (Wildman–Crippen MR) is 69.5 cm³/mol. The molecule has 1 aromatic rings. The molecule has 0 saturated carbocycles. The number of hydrogen-bond acceptors (Lipinski definition) is 2. The van der Waals surface area contributed by atoms with Crippen LogP contribution in [-0.4, -0.2) is 30.7 Å². The van der Waals surface area contributed by atoms with Crippen LogP contribution in [0, 0.1) is 12.3 Å². The van der Waals surface area contributed by atoms with Gasteiger partial charge in [-0.3, -0.25) is 4.90 Å². The first-order chi connectivity index (χ1) is 8.38. The molecule has 1 saturated heterocycles. The van der Waals surface area contributed by atoms with Crippen molar-refractivity contribution in [1.29, 1.82) is 0 Å². The molecular weight excluding hydrogens is 210 g/mol. The lowest BCUT2D eigenvalue weighted by Gasteiger charge is -2.31. The molecule has 2 rings (SSSR count). The molecule has 0 aliphatic carbocycles. The van der Waals surface area contributed by atoms with Crippen LogP contribution in [0.3, 0.4) is 0 Å². The highest BCUT2D eigenvalue weighted by atomic mass is 16.5. The van der Waals surface area contributed by atoms with Crippen LogP contribution in [0.25, 0.3) is 0 Å². The van der Waals surface area contributed by atoms with Crippen LogP contribution < -0.4 is 0 Å². The molecule has 0 unspecified atom stereocenters. The maximum Gasteiger partial charge on any atom is 0.107 e. The second kappa shape index (κ2) is 6.44. The van der Waals surface area contributed by atoms with Crippen molar-refractivity contribution in [2.24, 2.45) is 0 Å². The topological polar surface area (TPSA) is 12.5 Å². The summed E-state index contributed by atoms with van der Waals surface area (Å²) in [7, 11) is 0. The van der Waals surface area contributed by atoms with Gasteiger partial charge in [0, 0.05) is 19.6 Å². The van der Waals surface area contributed by atoms with Crippen molar-refractivity contribution in [3.63, 3.8) is 0 Å². The Balaban J connectivity index is 1.74. The summed E-state index contributed by atoms with van der Waals surface area (Å²) in [6.45, 7) is 3.69. The minimum Gasteiger partial charge on any atom is -0.365 e. The van der Waals surface area contributed by atoms with Gasteiger partial charge < -0.3 is 4.74 Å². The van der Waals surface area contributed by atoms with E-state index < -0.39 is 0 Å². The minimum atomic E-state index is 0.359. The average molecular weight is 229 g/mol. The first kappa shape index (κ1) is 12.2. The fraction of sp³-hybridized carbons (Fsp3) is 0.467.